The van der Waals surface area contributed by atoms with Crippen molar-refractivity contribution in [2.45, 2.75) is 13.0 Å². The minimum absolute atomic E-state index is 0.0171. The van der Waals surface area contributed by atoms with Crippen molar-refractivity contribution in [2.24, 2.45) is 0 Å². The number of nitrogens with zero attached hydrogens (tertiary/aromatic N) is 2. The first kappa shape index (κ1) is 13.2. The maximum absolute atomic E-state index is 5.69. The number of rotatable bonds is 5. The Morgan fingerprint density at radius 2 is 2.44 bits per heavy atom. The number of nitrogens with one attached hydrogen (secondary N) is 2. The van der Waals surface area contributed by atoms with E-state index >= 15 is 0 Å². The molecule has 6 nitrogen and oxygen atoms in total. The van der Waals surface area contributed by atoms with Crippen LogP contribution >= 0.6 is 0 Å². The van der Waals surface area contributed by atoms with Gasteiger partial charge in [0.05, 0.1) is 18.9 Å². The van der Waals surface area contributed by atoms with Gasteiger partial charge in [0, 0.05) is 32.8 Å². The average molecular weight is 252 g/mol. The van der Waals surface area contributed by atoms with E-state index in [2.05, 4.69) is 20.6 Å². The summed E-state index contributed by atoms with van der Waals surface area (Å²) >= 11 is 0. The van der Waals surface area contributed by atoms with Gasteiger partial charge in [0.15, 0.2) is 0 Å². The molecule has 1 aliphatic heterocycles. The van der Waals surface area contributed by atoms with E-state index in [1.807, 2.05) is 13.0 Å². The molecule has 6 heteroatoms. The summed E-state index contributed by atoms with van der Waals surface area (Å²) < 4.78 is 10.7. The molecule has 2 N–H and O–H groups in total. The molecule has 0 spiro atoms. The first-order valence-electron chi connectivity index (χ1n) is 6.20. The highest BCUT2D eigenvalue weighted by Crippen LogP contribution is 2.19. The number of aryl methyl sites for hydroxylation is 1. The van der Waals surface area contributed by atoms with E-state index in [-0.39, 0.29) is 6.10 Å². The van der Waals surface area contributed by atoms with Crippen LogP contribution in [0.15, 0.2) is 6.07 Å². The van der Waals surface area contributed by atoms with Crippen LogP contribution in [0.4, 0.5) is 5.82 Å². The second kappa shape index (κ2) is 6.63. The summed E-state index contributed by atoms with van der Waals surface area (Å²) in [6, 6.07) is 1.94. The maximum atomic E-state index is 5.69. The summed E-state index contributed by atoms with van der Waals surface area (Å²) in [4.78, 5) is 8.79. The highest BCUT2D eigenvalue weighted by molar-refractivity contribution is 5.36. The number of hydrogen-bond donors (Lipinski definition) is 2. The summed E-state index contributed by atoms with van der Waals surface area (Å²) in [5, 5.41) is 6.51. The van der Waals surface area contributed by atoms with Crippen LogP contribution in [0.25, 0.3) is 0 Å². The molecule has 2 rings (SSSR count). The van der Waals surface area contributed by atoms with Crippen LogP contribution in [0.2, 0.25) is 0 Å². The molecule has 0 amide bonds. The summed E-state index contributed by atoms with van der Waals surface area (Å²) in [6.07, 6.45) is 0.0171. The molecule has 1 aromatic heterocycles. The van der Waals surface area contributed by atoms with Crippen molar-refractivity contribution in [1.82, 2.24) is 15.3 Å². The lowest BCUT2D eigenvalue weighted by molar-refractivity contribution is 0.0249. The Morgan fingerprint density at radius 3 is 3.17 bits per heavy atom. The largest absolute Gasteiger partial charge is 0.383 e. The van der Waals surface area contributed by atoms with Gasteiger partial charge in [-0.25, -0.2) is 9.97 Å². The van der Waals surface area contributed by atoms with Gasteiger partial charge in [-0.15, -0.1) is 0 Å². The van der Waals surface area contributed by atoms with Crippen molar-refractivity contribution in [3.63, 3.8) is 0 Å². The first-order valence-corrected chi connectivity index (χ1v) is 6.20. The zero-order valence-electron chi connectivity index (χ0n) is 10.9. The van der Waals surface area contributed by atoms with E-state index < -0.39 is 0 Å². The third kappa shape index (κ3) is 3.63. The standard InChI is InChI=1S/C12H20N4O2/c1-9-15-10(11-8-13-3-6-18-11)7-12(16-9)14-4-5-17-2/h7,11,13H,3-6,8H2,1-2H3,(H,14,15,16)/t11-/m0/s1. The Labute approximate surface area is 107 Å². The molecule has 2 heterocycles. The Bertz CT molecular complexity index is 380. The highest BCUT2D eigenvalue weighted by atomic mass is 16.5. The van der Waals surface area contributed by atoms with E-state index in [4.69, 9.17) is 9.47 Å². The minimum atomic E-state index is 0.0171. The number of methoxy groups -OCH3 is 1. The Hall–Kier alpha value is -1.24. The molecule has 0 saturated carbocycles. The molecule has 18 heavy (non-hydrogen) atoms. The van der Waals surface area contributed by atoms with Gasteiger partial charge < -0.3 is 20.1 Å². The monoisotopic (exact) mass is 252 g/mol. The van der Waals surface area contributed by atoms with Gasteiger partial charge in [0.1, 0.15) is 17.7 Å². The van der Waals surface area contributed by atoms with Gasteiger partial charge in [-0.1, -0.05) is 0 Å². The third-order valence-electron chi connectivity index (χ3n) is 2.73. The van der Waals surface area contributed by atoms with Gasteiger partial charge in [-0.3, -0.25) is 0 Å². The number of ether oxygens (including phenoxy) is 2. The average Bonchev–Trinajstić information content (AvgIpc) is 2.39. The van der Waals surface area contributed by atoms with Crippen LogP contribution < -0.4 is 10.6 Å². The SMILES string of the molecule is COCCNc1cc([C@@H]2CNCCO2)nc(C)n1. The molecule has 1 aliphatic rings. The van der Waals surface area contributed by atoms with Gasteiger partial charge in [0.25, 0.3) is 0 Å². The van der Waals surface area contributed by atoms with Crippen LogP contribution in [0, 0.1) is 6.92 Å². The number of anilines is 1. The second-order valence-corrected chi connectivity index (χ2v) is 4.21. The summed E-state index contributed by atoms with van der Waals surface area (Å²) in [6.45, 7) is 5.70. The molecule has 1 atom stereocenters. The smallest absolute Gasteiger partial charge is 0.130 e. The molecule has 1 fully saturated rings. The minimum Gasteiger partial charge on any atom is -0.383 e. The van der Waals surface area contributed by atoms with Gasteiger partial charge in [-0.05, 0) is 6.92 Å². The second-order valence-electron chi connectivity index (χ2n) is 4.21. The van der Waals surface area contributed by atoms with Crippen molar-refractivity contribution >= 4 is 5.82 Å². The number of hydrogen-bond acceptors (Lipinski definition) is 6. The fourth-order valence-corrected chi connectivity index (χ4v) is 1.88. The number of morpholine rings is 1. The van der Waals surface area contributed by atoms with Crippen molar-refractivity contribution in [1.29, 1.82) is 0 Å². The zero-order chi connectivity index (χ0) is 12.8. The molecule has 1 aromatic rings. The van der Waals surface area contributed by atoms with Crippen LogP contribution in [0.3, 0.4) is 0 Å². The van der Waals surface area contributed by atoms with Crippen LogP contribution in [0.5, 0.6) is 0 Å². The Morgan fingerprint density at radius 1 is 1.56 bits per heavy atom. The van der Waals surface area contributed by atoms with E-state index in [0.29, 0.717) is 6.61 Å². The summed E-state index contributed by atoms with van der Waals surface area (Å²) in [7, 11) is 1.68. The molecule has 0 aliphatic carbocycles. The van der Waals surface area contributed by atoms with Gasteiger partial charge in [-0.2, -0.15) is 0 Å². The molecular formula is C12H20N4O2. The topological polar surface area (TPSA) is 68.3 Å². The predicted octanol–water partition coefficient (Wildman–Crippen LogP) is 0.504. The normalized spacial score (nSPS) is 19.8. The van der Waals surface area contributed by atoms with E-state index in [1.54, 1.807) is 7.11 Å². The van der Waals surface area contributed by atoms with Crippen molar-refractivity contribution < 1.29 is 9.47 Å². The molecule has 1 saturated heterocycles. The predicted molar refractivity (Wildman–Crippen MR) is 68.7 cm³/mol. The zero-order valence-corrected chi connectivity index (χ0v) is 10.9. The van der Waals surface area contributed by atoms with E-state index in [0.717, 1.165) is 43.6 Å². The lowest BCUT2D eigenvalue weighted by Crippen LogP contribution is -2.34. The molecule has 0 bridgehead atoms. The fraction of sp³-hybridized carbons (Fsp3) is 0.667. The Kier molecular flexibility index (Phi) is 4.86. The summed E-state index contributed by atoms with van der Waals surface area (Å²) in [5.41, 5.74) is 0.926. The molecule has 0 radical (unpaired) electrons. The lowest BCUT2D eigenvalue weighted by Gasteiger charge is -2.23. The van der Waals surface area contributed by atoms with Crippen molar-refractivity contribution in [3.05, 3.63) is 17.6 Å². The van der Waals surface area contributed by atoms with Gasteiger partial charge in [0.2, 0.25) is 0 Å². The van der Waals surface area contributed by atoms with Crippen LogP contribution in [-0.4, -0.2) is 49.9 Å². The van der Waals surface area contributed by atoms with Gasteiger partial charge >= 0.3 is 0 Å². The van der Waals surface area contributed by atoms with E-state index in [9.17, 15) is 0 Å². The number of aromatic nitrogens is 2. The molecule has 0 unspecified atom stereocenters. The fourth-order valence-electron chi connectivity index (χ4n) is 1.88. The summed E-state index contributed by atoms with van der Waals surface area (Å²) in [5.74, 6) is 1.57. The molecule has 100 valence electrons. The van der Waals surface area contributed by atoms with Crippen molar-refractivity contribution in [3.8, 4) is 0 Å². The van der Waals surface area contributed by atoms with E-state index in [1.165, 1.54) is 0 Å². The van der Waals surface area contributed by atoms with Crippen LogP contribution in [-0.2, 0) is 9.47 Å². The lowest BCUT2D eigenvalue weighted by atomic mass is 10.2. The quantitative estimate of drug-likeness (QED) is 0.744. The third-order valence-corrected chi connectivity index (χ3v) is 2.73. The highest BCUT2D eigenvalue weighted by Gasteiger charge is 2.18. The first-order chi connectivity index (χ1) is 8.79. The maximum Gasteiger partial charge on any atom is 0.130 e. The van der Waals surface area contributed by atoms with Crippen LogP contribution in [0.1, 0.15) is 17.6 Å². The molecular weight excluding hydrogens is 232 g/mol. The molecule has 0 aromatic carbocycles. The van der Waals surface area contributed by atoms with Crippen molar-refractivity contribution in [2.75, 3.05) is 45.3 Å². The Balaban J connectivity index is 2.05.